The van der Waals surface area contributed by atoms with Gasteiger partial charge in [-0.1, -0.05) is 70.5 Å². The number of aromatic nitrogens is 2. The first-order valence-electron chi connectivity index (χ1n) is 10.1. The first-order valence-corrected chi connectivity index (χ1v) is 10.1. The van der Waals surface area contributed by atoms with Gasteiger partial charge in [-0.2, -0.15) is 0 Å². The molecule has 1 heterocycles. The number of aryl methyl sites for hydroxylation is 1. The standard InChI is InChI=1S/C25H28N2O2/c1-5-6-7-21-16-26-22(17-12-14-20(15-13-17)25(2,3)4)23(27-21)18-8-10-19(11-9-18)24(28)29/h8-16H,5-7H2,1-4H3,(H,28,29). The van der Waals surface area contributed by atoms with Gasteiger partial charge < -0.3 is 5.11 Å². The van der Waals surface area contributed by atoms with Gasteiger partial charge in [-0.15, -0.1) is 0 Å². The molecule has 0 spiro atoms. The van der Waals surface area contributed by atoms with Gasteiger partial charge in [-0.3, -0.25) is 4.98 Å². The van der Waals surface area contributed by atoms with Crippen LogP contribution in [0.2, 0.25) is 0 Å². The van der Waals surface area contributed by atoms with Gasteiger partial charge >= 0.3 is 5.97 Å². The van der Waals surface area contributed by atoms with E-state index in [-0.39, 0.29) is 11.0 Å². The Hall–Kier alpha value is -3.01. The summed E-state index contributed by atoms with van der Waals surface area (Å²) in [5.41, 5.74) is 6.05. The molecule has 3 aromatic rings. The third-order valence-corrected chi connectivity index (χ3v) is 5.04. The number of carboxylic acid groups (broad SMARTS) is 1. The van der Waals surface area contributed by atoms with Crippen molar-refractivity contribution >= 4 is 5.97 Å². The molecule has 0 aliphatic heterocycles. The minimum Gasteiger partial charge on any atom is -0.478 e. The van der Waals surface area contributed by atoms with Crippen LogP contribution in [0.3, 0.4) is 0 Å². The lowest BCUT2D eigenvalue weighted by molar-refractivity contribution is 0.0697. The number of unbranched alkanes of at least 4 members (excludes halogenated alkanes) is 1. The SMILES string of the molecule is CCCCc1cnc(-c2ccc(C(C)(C)C)cc2)c(-c2ccc(C(=O)O)cc2)n1. The summed E-state index contributed by atoms with van der Waals surface area (Å²) >= 11 is 0. The maximum absolute atomic E-state index is 11.2. The van der Waals surface area contributed by atoms with Crippen LogP contribution in [0.4, 0.5) is 0 Å². The summed E-state index contributed by atoms with van der Waals surface area (Å²) in [5, 5.41) is 9.18. The lowest BCUT2D eigenvalue weighted by atomic mass is 9.86. The smallest absolute Gasteiger partial charge is 0.335 e. The Bertz CT molecular complexity index is 985. The lowest BCUT2D eigenvalue weighted by Crippen LogP contribution is -2.10. The second-order valence-electron chi connectivity index (χ2n) is 8.37. The molecule has 2 aromatic carbocycles. The van der Waals surface area contributed by atoms with Crippen molar-refractivity contribution in [3.63, 3.8) is 0 Å². The van der Waals surface area contributed by atoms with E-state index in [0.717, 1.165) is 47.5 Å². The Morgan fingerprint density at radius 3 is 2.07 bits per heavy atom. The molecule has 4 nitrogen and oxygen atoms in total. The topological polar surface area (TPSA) is 63.1 Å². The number of aromatic carboxylic acids is 1. The van der Waals surface area contributed by atoms with Gasteiger partial charge in [-0.05, 0) is 36.0 Å². The summed E-state index contributed by atoms with van der Waals surface area (Å²) in [6.45, 7) is 8.74. The first-order chi connectivity index (χ1) is 13.8. The fourth-order valence-electron chi connectivity index (χ4n) is 3.22. The minimum absolute atomic E-state index is 0.0870. The van der Waals surface area contributed by atoms with E-state index in [1.165, 1.54) is 5.56 Å². The summed E-state index contributed by atoms with van der Waals surface area (Å²) in [6.07, 6.45) is 4.90. The number of nitrogens with zero attached hydrogens (tertiary/aromatic N) is 2. The van der Waals surface area contributed by atoms with Crippen LogP contribution in [0.15, 0.2) is 54.7 Å². The van der Waals surface area contributed by atoms with Gasteiger partial charge in [0.1, 0.15) is 0 Å². The summed E-state index contributed by atoms with van der Waals surface area (Å²) in [4.78, 5) is 20.8. The van der Waals surface area contributed by atoms with Crippen molar-refractivity contribution in [1.82, 2.24) is 9.97 Å². The summed E-state index contributed by atoms with van der Waals surface area (Å²) in [6, 6.07) is 15.3. The fourth-order valence-corrected chi connectivity index (χ4v) is 3.22. The average molecular weight is 389 g/mol. The van der Waals surface area contributed by atoms with Crippen LogP contribution >= 0.6 is 0 Å². The maximum atomic E-state index is 11.2. The molecule has 0 aliphatic carbocycles. The van der Waals surface area contributed by atoms with Crippen molar-refractivity contribution in [2.24, 2.45) is 0 Å². The Morgan fingerprint density at radius 2 is 1.52 bits per heavy atom. The highest BCUT2D eigenvalue weighted by atomic mass is 16.4. The van der Waals surface area contributed by atoms with E-state index in [0.29, 0.717) is 0 Å². The Labute approximate surface area is 172 Å². The molecule has 3 rings (SSSR count). The zero-order valence-electron chi connectivity index (χ0n) is 17.6. The largest absolute Gasteiger partial charge is 0.478 e. The number of benzene rings is 2. The molecule has 1 aromatic heterocycles. The molecule has 0 saturated heterocycles. The molecule has 0 atom stereocenters. The van der Waals surface area contributed by atoms with E-state index in [4.69, 9.17) is 9.97 Å². The second-order valence-corrected chi connectivity index (χ2v) is 8.37. The molecule has 4 heteroatoms. The molecular formula is C25H28N2O2. The predicted octanol–water partition coefficient (Wildman–Crippen LogP) is 6.15. The molecule has 0 aliphatic rings. The Morgan fingerprint density at radius 1 is 0.931 bits per heavy atom. The van der Waals surface area contributed by atoms with Crippen molar-refractivity contribution in [2.45, 2.75) is 52.4 Å². The third kappa shape index (κ3) is 4.89. The molecule has 0 radical (unpaired) electrons. The number of hydrogen-bond donors (Lipinski definition) is 1. The van der Waals surface area contributed by atoms with Gasteiger partial charge in [0, 0.05) is 17.3 Å². The van der Waals surface area contributed by atoms with Gasteiger partial charge in [0.2, 0.25) is 0 Å². The number of carbonyl (C=O) groups is 1. The van der Waals surface area contributed by atoms with Gasteiger partial charge in [0.15, 0.2) is 0 Å². The van der Waals surface area contributed by atoms with E-state index >= 15 is 0 Å². The van der Waals surface area contributed by atoms with Crippen LogP contribution < -0.4 is 0 Å². The van der Waals surface area contributed by atoms with Gasteiger partial charge in [0.25, 0.3) is 0 Å². The second kappa shape index (κ2) is 8.56. The minimum atomic E-state index is -0.933. The molecular weight excluding hydrogens is 360 g/mol. The zero-order chi connectivity index (χ0) is 21.0. The number of rotatable bonds is 6. The van der Waals surface area contributed by atoms with Crippen molar-refractivity contribution in [3.8, 4) is 22.5 Å². The first kappa shape index (κ1) is 20.7. The summed E-state index contributed by atoms with van der Waals surface area (Å²) in [5.74, 6) is -0.933. The maximum Gasteiger partial charge on any atom is 0.335 e. The zero-order valence-corrected chi connectivity index (χ0v) is 17.6. The third-order valence-electron chi connectivity index (χ3n) is 5.04. The normalized spacial score (nSPS) is 11.4. The lowest BCUT2D eigenvalue weighted by Gasteiger charge is -2.19. The molecule has 0 fully saturated rings. The highest BCUT2D eigenvalue weighted by Crippen LogP contribution is 2.31. The highest BCUT2D eigenvalue weighted by Gasteiger charge is 2.16. The molecule has 0 saturated carbocycles. The van der Waals surface area contributed by atoms with Crippen LogP contribution in [0.5, 0.6) is 0 Å². The molecule has 150 valence electrons. The van der Waals surface area contributed by atoms with E-state index in [1.54, 1.807) is 12.1 Å². The average Bonchev–Trinajstić information content (AvgIpc) is 2.71. The van der Waals surface area contributed by atoms with Gasteiger partial charge in [0.05, 0.1) is 22.6 Å². The van der Waals surface area contributed by atoms with Crippen molar-refractivity contribution < 1.29 is 9.90 Å². The van der Waals surface area contributed by atoms with Gasteiger partial charge in [-0.25, -0.2) is 9.78 Å². The van der Waals surface area contributed by atoms with E-state index in [2.05, 4.69) is 52.0 Å². The predicted molar refractivity (Wildman–Crippen MR) is 117 cm³/mol. The van der Waals surface area contributed by atoms with Crippen molar-refractivity contribution in [3.05, 3.63) is 71.5 Å². The molecule has 29 heavy (non-hydrogen) atoms. The number of hydrogen-bond acceptors (Lipinski definition) is 3. The summed E-state index contributed by atoms with van der Waals surface area (Å²) in [7, 11) is 0. The Kier molecular flexibility index (Phi) is 6.12. The van der Waals surface area contributed by atoms with E-state index in [9.17, 15) is 9.90 Å². The summed E-state index contributed by atoms with van der Waals surface area (Å²) < 4.78 is 0. The fraction of sp³-hybridized carbons (Fsp3) is 0.320. The van der Waals surface area contributed by atoms with Crippen LogP contribution in [-0.2, 0) is 11.8 Å². The van der Waals surface area contributed by atoms with Crippen molar-refractivity contribution in [2.75, 3.05) is 0 Å². The molecule has 1 N–H and O–H groups in total. The van der Waals surface area contributed by atoms with Crippen LogP contribution in [0.25, 0.3) is 22.5 Å². The molecule has 0 unspecified atom stereocenters. The Balaban J connectivity index is 2.07. The highest BCUT2D eigenvalue weighted by molar-refractivity contribution is 5.88. The number of carboxylic acids is 1. The van der Waals surface area contributed by atoms with E-state index < -0.39 is 5.97 Å². The molecule has 0 bridgehead atoms. The van der Waals surface area contributed by atoms with Crippen LogP contribution in [0.1, 0.15) is 62.2 Å². The van der Waals surface area contributed by atoms with Crippen molar-refractivity contribution in [1.29, 1.82) is 0 Å². The quantitative estimate of drug-likeness (QED) is 0.550. The van der Waals surface area contributed by atoms with E-state index in [1.807, 2.05) is 18.3 Å². The monoisotopic (exact) mass is 388 g/mol. The molecule has 0 amide bonds. The van der Waals surface area contributed by atoms with Crippen LogP contribution in [-0.4, -0.2) is 21.0 Å². The van der Waals surface area contributed by atoms with Crippen LogP contribution in [0, 0.1) is 0 Å².